The fourth-order valence-electron chi connectivity index (χ4n) is 3.79. The van der Waals surface area contributed by atoms with Crippen LogP contribution in [0.5, 0.6) is 5.75 Å². The summed E-state index contributed by atoms with van der Waals surface area (Å²) in [6, 6.07) is 17.8. The second-order valence-electron chi connectivity index (χ2n) is 7.32. The second-order valence-corrected chi connectivity index (χ2v) is 7.32. The van der Waals surface area contributed by atoms with Crippen molar-refractivity contribution in [3.63, 3.8) is 0 Å². The number of carbonyl (C=O) groups is 2. The van der Waals surface area contributed by atoms with E-state index in [0.717, 1.165) is 25.3 Å². The van der Waals surface area contributed by atoms with Crippen LogP contribution in [-0.2, 0) is 16.1 Å². The highest BCUT2D eigenvalue weighted by Gasteiger charge is 2.35. The molecule has 0 radical (unpaired) electrons. The number of anilines is 1. The van der Waals surface area contributed by atoms with E-state index in [0.29, 0.717) is 18.8 Å². The Hall–Kier alpha value is -2.86. The number of likely N-dealkylation sites (N-methyl/N-ethyl adjacent to an activating group) is 1. The number of carbonyl (C=O) groups excluding carboxylic acids is 2. The molecule has 6 nitrogen and oxygen atoms in total. The van der Waals surface area contributed by atoms with Gasteiger partial charge >= 0.3 is 0 Å². The van der Waals surface area contributed by atoms with Crippen molar-refractivity contribution in [3.05, 3.63) is 60.2 Å². The van der Waals surface area contributed by atoms with Crippen LogP contribution in [0.1, 0.15) is 12.0 Å². The topological polar surface area (TPSA) is 53.1 Å². The van der Waals surface area contributed by atoms with E-state index in [9.17, 15) is 9.59 Å². The molecule has 6 heteroatoms. The van der Waals surface area contributed by atoms with E-state index < -0.39 is 6.10 Å². The minimum Gasteiger partial charge on any atom is -0.478 e. The number of hydrogen-bond acceptors (Lipinski definition) is 4. The van der Waals surface area contributed by atoms with Crippen LogP contribution < -0.4 is 9.64 Å². The molecule has 0 N–H and O–H groups in total. The molecule has 0 aromatic heterocycles. The molecular weight excluding hydrogens is 354 g/mol. The number of piperazine rings is 1. The smallest absolute Gasteiger partial charge is 0.268 e. The maximum atomic E-state index is 12.8. The number of rotatable bonds is 4. The van der Waals surface area contributed by atoms with E-state index >= 15 is 0 Å². The fraction of sp³-hybridized carbons (Fsp3) is 0.364. The van der Waals surface area contributed by atoms with Crippen LogP contribution in [0.4, 0.5) is 5.69 Å². The van der Waals surface area contributed by atoms with Gasteiger partial charge in [-0.2, -0.15) is 0 Å². The first-order valence-electron chi connectivity index (χ1n) is 9.69. The van der Waals surface area contributed by atoms with Gasteiger partial charge in [0.2, 0.25) is 5.91 Å². The fourth-order valence-corrected chi connectivity index (χ4v) is 3.79. The minimum atomic E-state index is -0.755. The van der Waals surface area contributed by atoms with Gasteiger partial charge in [-0.15, -0.1) is 0 Å². The lowest BCUT2D eigenvalue weighted by molar-refractivity contribution is -0.139. The molecule has 1 fully saturated rings. The van der Waals surface area contributed by atoms with Gasteiger partial charge in [0.15, 0.2) is 6.10 Å². The highest BCUT2D eigenvalue weighted by atomic mass is 16.5. The molecule has 4 rings (SSSR count). The van der Waals surface area contributed by atoms with Crippen LogP contribution in [0.15, 0.2) is 54.6 Å². The molecule has 0 aliphatic carbocycles. The Morgan fingerprint density at radius 3 is 2.43 bits per heavy atom. The third-order valence-corrected chi connectivity index (χ3v) is 5.44. The quantitative estimate of drug-likeness (QED) is 0.817. The number of nitrogens with zero attached hydrogens (tertiary/aromatic N) is 3. The first-order chi connectivity index (χ1) is 13.6. The molecule has 146 valence electrons. The van der Waals surface area contributed by atoms with E-state index in [1.165, 1.54) is 5.56 Å². The van der Waals surface area contributed by atoms with Gasteiger partial charge in [-0.05, 0) is 17.7 Å². The molecule has 2 aliphatic heterocycles. The number of ether oxygens (including phenoxy) is 1. The first kappa shape index (κ1) is 18.5. The van der Waals surface area contributed by atoms with E-state index in [-0.39, 0.29) is 18.2 Å². The third kappa shape index (κ3) is 3.87. The van der Waals surface area contributed by atoms with Gasteiger partial charge in [0.1, 0.15) is 5.75 Å². The van der Waals surface area contributed by atoms with Crippen LogP contribution in [0, 0.1) is 0 Å². The summed E-state index contributed by atoms with van der Waals surface area (Å²) in [6.07, 6.45) is -0.675. The van der Waals surface area contributed by atoms with Crippen molar-refractivity contribution in [2.45, 2.75) is 19.1 Å². The predicted octanol–water partition coefficient (Wildman–Crippen LogP) is 2.14. The van der Waals surface area contributed by atoms with Crippen molar-refractivity contribution in [3.8, 4) is 5.75 Å². The number of fused-ring (bicyclic) bond motifs is 1. The van der Waals surface area contributed by atoms with Crippen molar-refractivity contribution < 1.29 is 14.3 Å². The molecule has 2 aromatic rings. The highest BCUT2D eigenvalue weighted by molar-refractivity contribution is 6.01. The molecule has 0 spiro atoms. The van der Waals surface area contributed by atoms with Gasteiger partial charge in [-0.25, -0.2) is 0 Å². The van der Waals surface area contributed by atoms with E-state index in [1.54, 1.807) is 11.9 Å². The summed E-state index contributed by atoms with van der Waals surface area (Å²) in [5.74, 6) is 0.454. The summed E-state index contributed by atoms with van der Waals surface area (Å²) in [4.78, 5) is 31.1. The Morgan fingerprint density at radius 2 is 1.68 bits per heavy atom. The SMILES string of the molecule is CN1C(=O)C(CC(=O)N2CCN(Cc3ccccc3)CC2)Oc2ccccc21. The number of para-hydroxylation sites is 2. The van der Waals surface area contributed by atoms with Crippen LogP contribution in [-0.4, -0.2) is 60.9 Å². The van der Waals surface area contributed by atoms with Crippen molar-refractivity contribution in [1.82, 2.24) is 9.80 Å². The van der Waals surface area contributed by atoms with Crippen molar-refractivity contribution in [1.29, 1.82) is 0 Å². The van der Waals surface area contributed by atoms with E-state index in [2.05, 4.69) is 17.0 Å². The van der Waals surface area contributed by atoms with E-state index in [1.807, 2.05) is 47.4 Å². The average Bonchev–Trinajstić information content (AvgIpc) is 2.73. The lowest BCUT2D eigenvalue weighted by atomic mass is 10.1. The van der Waals surface area contributed by atoms with E-state index in [4.69, 9.17) is 4.74 Å². The summed E-state index contributed by atoms with van der Waals surface area (Å²) in [5.41, 5.74) is 2.02. The van der Waals surface area contributed by atoms with Gasteiger partial charge in [-0.1, -0.05) is 42.5 Å². The number of amides is 2. The van der Waals surface area contributed by atoms with Crippen molar-refractivity contribution in [2.24, 2.45) is 0 Å². The molecular formula is C22H25N3O3. The second kappa shape index (κ2) is 8.02. The molecule has 2 aromatic carbocycles. The molecule has 0 bridgehead atoms. The van der Waals surface area contributed by atoms with Crippen LogP contribution in [0.2, 0.25) is 0 Å². The largest absolute Gasteiger partial charge is 0.478 e. The standard InChI is InChI=1S/C22H25N3O3/c1-23-18-9-5-6-10-19(18)28-20(22(23)27)15-21(26)25-13-11-24(12-14-25)16-17-7-3-2-4-8-17/h2-10,20H,11-16H2,1H3. The monoisotopic (exact) mass is 379 g/mol. The minimum absolute atomic E-state index is 0.0227. The Balaban J connectivity index is 1.32. The molecule has 2 aliphatic rings. The molecule has 28 heavy (non-hydrogen) atoms. The molecule has 0 saturated carbocycles. The lowest BCUT2D eigenvalue weighted by Gasteiger charge is -2.36. The summed E-state index contributed by atoms with van der Waals surface area (Å²) in [6.45, 7) is 3.93. The van der Waals surface area contributed by atoms with Crippen molar-refractivity contribution >= 4 is 17.5 Å². The maximum absolute atomic E-state index is 12.8. The Kier molecular flexibility index (Phi) is 5.30. The van der Waals surface area contributed by atoms with Crippen LogP contribution >= 0.6 is 0 Å². The van der Waals surface area contributed by atoms with Gasteiger partial charge in [0, 0.05) is 39.8 Å². The Bertz CT molecular complexity index is 847. The summed E-state index contributed by atoms with van der Waals surface area (Å²) >= 11 is 0. The van der Waals surface area contributed by atoms with Crippen LogP contribution in [0.25, 0.3) is 0 Å². The Morgan fingerprint density at radius 1 is 1.00 bits per heavy atom. The molecule has 2 amide bonds. The number of hydrogen-bond donors (Lipinski definition) is 0. The third-order valence-electron chi connectivity index (χ3n) is 5.44. The molecule has 1 unspecified atom stereocenters. The predicted molar refractivity (Wildman–Crippen MR) is 107 cm³/mol. The first-order valence-corrected chi connectivity index (χ1v) is 9.69. The zero-order chi connectivity index (χ0) is 19.5. The zero-order valence-corrected chi connectivity index (χ0v) is 16.1. The van der Waals surface area contributed by atoms with Gasteiger partial charge in [0.25, 0.3) is 5.91 Å². The zero-order valence-electron chi connectivity index (χ0n) is 16.1. The summed E-state index contributed by atoms with van der Waals surface area (Å²) in [5, 5.41) is 0. The van der Waals surface area contributed by atoms with Gasteiger partial charge in [-0.3, -0.25) is 14.5 Å². The van der Waals surface area contributed by atoms with Gasteiger partial charge in [0.05, 0.1) is 12.1 Å². The molecule has 2 heterocycles. The van der Waals surface area contributed by atoms with Crippen molar-refractivity contribution in [2.75, 3.05) is 38.1 Å². The molecule has 1 atom stereocenters. The highest BCUT2D eigenvalue weighted by Crippen LogP contribution is 2.33. The summed E-state index contributed by atoms with van der Waals surface area (Å²) in [7, 11) is 1.73. The molecule has 1 saturated heterocycles. The summed E-state index contributed by atoms with van der Waals surface area (Å²) < 4.78 is 5.83. The number of benzene rings is 2. The lowest BCUT2D eigenvalue weighted by Crippen LogP contribution is -2.51. The Labute approximate surface area is 165 Å². The maximum Gasteiger partial charge on any atom is 0.268 e. The van der Waals surface area contributed by atoms with Crippen LogP contribution in [0.3, 0.4) is 0 Å². The van der Waals surface area contributed by atoms with Gasteiger partial charge < -0.3 is 14.5 Å². The normalized spacial score (nSPS) is 19.9. The average molecular weight is 379 g/mol.